The van der Waals surface area contributed by atoms with Crippen molar-refractivity contribution in [3.8, 4) is 0 Å². The third-order valence-electron chi connectivity index (χ3n) is 3.09. The van der Waals surface area contributed by atoms with Gasteiger partial charge in [-0.15, -0.1) is 0 Å². The lowest BCUT2D eigenvalue weighted by molar-refractivity contribution is 0.530. The molecular weight excluding hydrogens is 260 g/mol. The van der Waals surface area contributed by atoms with Crippen LogP contribution in [-0.4, -0.2) is 26.8 Å². The molecule has 1 unspecified atom stereocenters. The molecule has 0 saturated heterocycles. The molecule has 1 rings (SSSR count). The van der Waals surface area contributed by atoms with E-state index in [1.807, 2.05) is 13.0 Å². The van der Waals surface area contributed by atoms with E-state index in [9.17, 15) is 8.42 Å². The maximum absolute atomic E-state index is 12.2. The number of rotatable bonds is 7. The number of para-hydroxylation sites is 1. The summed E-state index contributed by atoms with van der Waals surface area (Å²) in [5.74, 6) is 0.507. The predicted molar refractivity (Wildman–Crippen MR) is 80.1 cm³/mol. The average molecular weight is 284 g/mol. The Morgan fingerprint density at radius 3 is 2.42 bits per heavy atom. The van der Waals surface area contributed by atoms with Gasteiger partial charge in [0.1, 0.15) is 0 Å². The molecule has 0 fully saturated rings. The zero-order valence-corrected chi connectivity index (χ0v) is 12.7. The Morgan fingerprint density at radius 1 is 1.26 bits per heavy atom. The van der Waals surface area contributed by atoms with Crippen LogP contribution < -0.4 is 11.1 Å². The van der Waals surface area contributed by atoms with Crippen molar-refractivity contribution in [3.63, 3.8) is 0 Å². The zero-order chi connectivity index (χ0) is 14.5. The standard InChI is InChI=1S/C14H24N2O2S/c1-4-9-19(17,18)14-8-6-5-7-12(14)16-13(10-15)11(2)3/h5-8,11,13,16H,4,9-10,15H2,1-3H3. The summed E-state index contributed by atoms with van der Waals surface area (Å²) in [6.07, 6.45) is 0.612. The van der Waals surface area contributed by atoms with Crippen molar-refractivity contribution in [3.05, 3.63) is 24.3 Å². The van der Waals surface area contributed by atoms with Gasteiger partial charge >= 0.3 is 0 Å². The highest BCUT2D eigenvalue weighted by Crippen LogP contribution is 2.24. The lowest BCUT2D eigenvalue weighted by Gasteiger charge is -2.23. The summed E-state index contributed by atoms with van der Waals surface area (Å²) >= 11 is 0. The van der Waals surface area contributed by atoms with Gasteiger partial charge < -0.3 is 11.1 Å². The van der Waals surface area contributed by atoms with Crippen molar-refractivity contribution in [2.45, 2.75) is 38.1 Å². The second-order valence-corrected chi connectivity index (χ2v) is 7.12. The summed E-state index contributed by atoms with van der Waals surface area (Å²) < 4.78 is 24.4. The van der Waals surface area contributed by atoms with Gasteiger partial charge in [-0.1, -0.05) is 32.9 Å². The van der Waals surface area contributed by atoms with Crippen molar-refractivity contribution in [2.75, 3.05) is 17.6 Å². The lowest BCUT2D eigenvalue weighted by atomic mass is 10.0. The molecule has 0 spiro atoms. The first-order valence-electron chi connectivity index (χ1n) is 6.70. The van der Waals surface area contributed by atoms with Crippen LogP contribution in [-0.2, 0) is 9.84 Å². The normalized spacial score (nSPS) is 13.5. The molecule has 1 aromatic carbocycles. The minimum atomic E-state index is -3.22. The van der Waals surface area contributed by atoms with Crippen LogP contribution in [0.2, 0.25) is 0 Å². The van der Waals surface area contributed by atoms with E-state index in [4.69, 9.17) is 5.73 Å². The van der Waals surface area contributed by atoms with E-state index < -0.39 is 9.84 Å². The molecule has 0 aliphatic heterocycles. The van der Waals surface area contributed by atoms with Gasteiger partial charge in [-0.2, -0.15) is 0 Å². The molecule has 1 atom stereocenters. The summed E-state index contributed by atoms with van der Waals surface area (Å²) in [6.45, 7) is 6.46. The van der Waals surface area contributed by atoms with Gasteiger partial charge in [0.2, 0.25) is 0 Å². The van der Waals surface area contributed by atoms with Gasteiger partial charge in [0.05, 0.1) is 16.3 Å². The van der Waals surface area contributed by atoms with E-state index in [0.717, 1.165) is 0 Å². The molecule has 0 amide bonds. The second kappa shape index (κ2) is 6.91. The van der Waals surface area contributed by atoms with E-state index in [-0.39, 0.29) is 11.8 Å². The molecule has 3 N–H and O–H groups in total. The molecule has 4 nitrogen and oxygen atoms in total. The topological polar surface area (TPSA) is 72.2 Å². The van der Waals surface area contributed by atoms with Crippen molar-refractivity contribution in [1.82, 2.24) is 0 Å². The molecule has 0 radical (unpaired) electrons. The second-order valence-electron chi connectivity index (χ2n) is 5.05. The van der Waals surface area contributed by atoms with E-state index in [0.29, 0.717) is 29.5 Å². The van der Waals surface area contributed by atoms with Gasteiger partial charge in [0, 0.05) is 12.6 Å². The number of nitrogens with two attached hydrogens (primary N) is 1. The van der Waals surface area contributed by atoms with Crippen LogP contribution in [0.5, 0.6) is 0 Å². The minimum Gasteiger partial charge on any atom is -0.380 e. The van der Waals surface area contributed by atoms with Gasteiger partial charge in [-0.3, -0.25) is 0 Å². The first-order valence-corrected chi connectivity index (χ1v) is 8.36. The van der Waals surface area contributed by atoms with Gasteiger partial charge in [0.25, 0.3) is 0 Å². The Bertz CT molecular complexity index is 498. The van der Waals surface area contributed by atoms with Gasteiger partial charge in [0.15, 0.2) is 9.84 Å². The Balaban J connectivity index is 3.09. The quantitative estimate of drug-likeness (QED) is 0.805. The highest BCUT2D eigenvalue weighted by molar-refractivity contribution is 7.91. The third kappa shape index (κ3) is 4.21. The third-order valence-corrected chi connectivity index (χ3v) is 5.07. The van der Waals surface area contributed by atoms with Crippen molar-refractivity contribution in [1.29, 1.82) is 0 Å². The fraction of sp³-hybridized carbons (Fsp3) is 0.571. The number of hydrogen-bond acceptors (Lipinski definition) is 4. The van der Waals surface area contributed by atoms with E-state index in [1.54, 1.807) is 18.2 Å². The van der Waals surface area contributed by atoms with Gasteiger partial charge in [-0.25, -0.2) is 8.42 Å². The molecular formula is C14H24N2O2S. The van der Waals surface area contributed by atoms with Crippen LogP contribution in [0.1, 0.15) is 27.2 Å². The molecule has 108 valence electrons. The Hall–Kier alpha value is -1.07. The smallest absolute Gasteiger partial charge is 0.180 e. The summed E-state index contributed by atoms with van der Waals surface area (Å²) in [6, 6.07) is 7.11. The van der Waals surface area contributed by atoms with Crippen LogP contribution in [0.15, 0.2) is 29.2 Å². The maximum atomic E-state index is 12.2. The molecule has 0 aliphatic carbocycles. The summed E-state index contributed by atoms with van der Waals surface area (Å²) in [7, 11) is -3.22. The minimum absolute atomic E-state index is 0.0676. The van der Waals surface area contributed by atoms with Crippen molar-refractivity contribution in [2.24, 2.45) is 11.7 Å². The van der Waals surface area contributed by atoms with E-state index >= 15 is 0 Å². The lowest BCUT2D eigenvalue weighted by Crippen LogP contribution is -2.34. The number of nitrogens with one attached hydrogen (secondary N) is 1. The van der Waals surface area contributed by atoms with Crippen LogP contribution in [0.3, 0.4) is 0 Å². The first-order chi connectivity index (χ1) is 8.92. The van der Waals surface area contributed by atoms with Crippen LogP contribution >= 0.6 is 0 Å². The van der Waals surface area contributed by atoms with Crippen LogP contribution in [0, 0.1) is 5.92 Å². The fourth-order valence-corrected chi connectivity index (χ4v) is 3.44. The number of sulfone groups is 1. The average Bonchev–Trinajstić information content (AvgIpc) is 2.35. The summed E-state index contributed by atoms with van der Waals surface area (Å²) in [4.78, 5) is 0.371. The van der Waals surface area contributed by atoms with Crippen molar-refractivity contribution >= 4 is 15.5 Å². The molecule has 0 saturated carbocycles. The monoisotopic (exact) mass is 284 g/mol. The predicted octanol–water partition coefficient (Wildman–Crippen LogP) is 2.27. The molecule has 19 heavy (non-hydrogen) atoms. The molecule has 1 aromatic rings. The fourth-order valence-electron chi connectivity index (χ4n) is 1.93. The van der Waals surface area contributed by atoms with Gasteiger partial charge in [-0.05, 0) is 24.5 Å². The number of anilines is 1. The highest BCUT2D eigenvalue weighted by Gasteiger charge is 2.19. The molecule has 0 bridgehead atoms. The largest absolute Gasteiger partial charge is 0.380 e. The molecule has 0 aliphatic rings. The summed E-state index contributed by atoms with van der Waals surface area (Å²) in [5, 5.41) is 3.26. The Kier molecular flexibility index (Phi) is 5.82. The van der Waals surface area contributed by atoms with Crippen LogP contribution in [0.25, 0.3) is 0 Å². The molecule has 0 aromatic heterocycles. The zero-order valence-electron chi connectivity index (χ0n) is 11.9. The first kappa shape index (κ1) is 16.0. The van der Waals surface area contributed by atoms with Crippen molar-refractivity contribution < 1.29 is 8.42 Å². The summed E-state index contributed by atoms with van der Waals surface area (Å²) in [5.41, 5.74) is 6.38. The highest BCUT2D eigenvalue weighted by atomic mass is 32.2. The SMILES string of the molecule is CCCS(=O)(=O)c1ccccc1NC(CN)C(C)C. The van der Waals surface area contributed by atoms with E-state index in [2.05, 4.69) is 19.2 Å². The van der Waals surface area contributed by atoms with Crippen LogP contribution in [0.4, 0.5) is 5.69 Å². The molecule has 0 heterocycles. The Labute approximate surface area is 116 Å². The number of benzene rings is 1. The Morgan fingerprint density at radius 2 is 1.89 bits per heavy atom. The van der Waals surface area contributed by atoms with E-state index in [1.165, 1.54) is 0 Å². The molecule has 5 heteroatoms. The number of hydrogen-bond donors (Lipinski definition) is 2. The maximum Gasteiger partial charge on any atom is 0.180 e.